The van der Waals surface area contributed by atoms with Gasteiger partial charge in [0.1, 0.15) is 10.0 Å². The first-order chi connectivity index (χ1) is 16.8. The topological polar surface area (TPSA) is 119 Å². The van der Waals surface area contributed by atoms with Crippen molar-refractivity contribution in [3.8, 4) is 0 Å². The molecule has 1 aliphatic rings. The fourth-order valence-corrected chi connectivity index (χ4v) is 4.67. The molecule has 0 unspecified atom stereocenters. The molecule has 3 rings (SSSR count). The Morgan fingerprint density at radius 3 is 2.54 bits per heavy atom. The molecule has 0 saturated carbocycles. The number of hydrogen-bond acceptors (Lipinski definition) is 8. The lowest BCUT2D eigenvalue weighted by Gasteiger charge is -2.14. The van der Waals surface area contributed by atoms with Crippen LogP contribution in [0.25, 0.3) is 6.08 Å². The number of nitrogens with one attached hydrogen (secondary N) is 1. The number of unbranched alkanes of at least 4 members (excludes halogenated alkanes) is 2. The maximum absolute atomic E-state index is 12.8. The third-order valence-electron chi connectivity index (χ3n) is 5.16. The van der Waals surface area contributed by atoms with E-state index in [9.17, 15) is 24.5 Å². The standard InChI is InChI=1S/C24H23N3O6S2/c1-33-23(30)17-12-10-16(11-13-17)15-20-22(29)26(24(34)35-20)14-6-2-3-9-21(28)25-18-7-4-5-8-19(18)27(31)32/h4-5,7-8,10-13,15H,2-3,6,9,14H2,1H3,(H,25,28). The molecule has 0 bridgehead atoms. The minimum absolute atomic E-state index is 0.150. The number of anilines is 1. The fraction of sp³-hybridized carbons (Fsp3) is 0.250. The highest BCUT2D eigenvalue weighted by Crippen LogP contribution is 2.33. The van der Waals surface area contributed by atoms with E-state index >= 15 is 0 Å². The van der Waals surface area contributed by atoms with Crippen molar-refractivity contribution in [2.75, 3.05) is 19.0 Å². The number of thioether (sulfide) groups is 1. The third kappa shape index (κ3) is 6.96. The van der Waals surface area contributed by atoms with Gasteiger partial charge in [-0.2, -0.15) is 0 Å². The predicted molar refractivity (Wildman–Crippen MR) is 138 cm³/mol. The normalized spacial score (nSPS) is 14.3. The number of hydrogen-bond donors (Lipinski definition) is 1. The third-order valence-corrected chi connectivity index (χ3v) is 6.54. The molecule has 35 heavy (non-hydrogen) atoms. The lowest BCUT2D eigenvalue weighted by Crippen LogP contribution is -2.29. The zero-order valence-electron chi connectivity index (χ0n) is 18.9. The van der Waals surface area contributed by atoms with Gasteiger partial charge in [0.15, 0.2) is 0 Å². The van der Waals surface area contributed by atoms with E-state index in [4.69, 9.17) is 12.2 Å². The summed E-state index contributed by atoms with van der Waals surface area (Å²) in [5.41, 5.74) is 1.21. The first kappa shape index (κ1) is 26.0. The van der Waals surface area contributed by atoms with Crippen molar-refractivity contribution < 1.29 is 24.0 Å². The zero-order valence-corrected chi connectivity index (χ0v) is 20.5. The zero-order chi connectivity index (χ0) is 25.4. The first-order valence-corrected chi connectivity index (χ1v) is 12.0. The number of thiocarbonyl (C=S) groups is 1. The molecule has 1 heterocycles. The van der Waals surface area contributed by atoms with E-state index < -0.39 is 10.9 Å². The minimum atomic E-state index is -0.538. The molecule has 0 radical (unpaired) electrons. The molecule has 1 N–H and O–H groups in total. The molecular formula is C24H23N3O6S2. The summed E-state index contributed by atoms with van der Waals surface area (Å²) in [6.07, 6.45) is 3.87. The van der Waals surface area contributed by atoms with Crippen LogP contribution in [-0.4, -0.2) is 45.6 Å². The molecule has 2 aromatic rings. The summed E-state index contributed by atoms with van der Waals surface area (Å²) in [5, 5.41) is 13.6. The van der Waals surface area contributed by atoms with Crippen LogP contribution in [0.4, 0.5) is 11.4 Å². The second-order valence-electron chi connectivity index (χ2n) is 7.58. The van der Waals surface area contributed by atoms with E-state index in [0.29, 0.717) is 40.6 Å². The van der Waals surface area contributed by atoms with Crippen molar-refractivity contribution in [3.05, 3.63) is 74.7 Å². The summed E-state index contributed by atoms with van der Waals surface area (Å²) in [5.74, 6) is -0.904. The van der Waals surface area contributed by atoms with E-state index in [1.807, 2.05) is 0 Å². The number of para-hydroxylation sites is 2. The minimum Gasteiger partial charge on any atom is -0.465 e. The molecule has 182 valence electrons. The van der Waals surface area contributed by atoms with Gasteiger partial charge in [0.2, 0.25) is 5.91 Å². The number of amides is 2. The highest BCUT2D eigenvalue weighted by Gasteiger charge is 2.31. The van der Waals surface area contributed by atoms with E-state index in [2.05, 4.69) is 10.1 Å². The lowest BCUT2D eigenvalue weighted by atomic mass is 10.1. The fourth-order valence-electron chi connectivity index (χ4n) is 3.36. The van der Waals surface area contributed by atoms with Gasteiger partial charge < -0.3 is 10.1 Å². The van der Waals surface area contributed by atoms with Crippen molar-refractivity contribution in [2.45, 2.75) is 25.7 Å². The van der Waals surface area contributed by atoms with Crippen LogP contribution in [0.2, 0.25) is 0 Å². The smallest absolute Gasteiger partial charge is 0.337 e. The average Bonchev–Trinajstić information content (AvgIpc) is 3.11. The van der Waals surface area contributed by atoms with Gasteiger partial charge in [-0.3, -0.25) is 24.6 Å². The molecule has 1 aliphatic heterocycles. The van der Waals surface area contributed by atoms with Crippen molar-refractivity contribution >= 4 is 63.5 Å². The number of methoxy groups -OCH3 is 1. The molecule has 2 aromatic carbocycles. The van der Waals surface area contributed by atoms with Crippen LogP contribution >= 0.6 is 24.0 Å². The molecule has 0 atom stereocenters. The van der Waals surface area contributed by atoms with Gasteiger partial charge in [0.05, 0.1) is 22.5 Å². The van der Waals surface area contributed by atoms with Gasteiger partial charge in [-0.15, -0.1) is 0 Å². The van der Waals surface area contributed by atoms with Crippen LogP contribution in [-0.2, 0) is 14.3 Å². The maximum atomic E-state index is 12.8. The largest absolute Gasteiger partial charge is 0.465 e. The Bertz CT molecular complexity index is 1180. The van der Waals surface area contributed by atoms with E-state index in [1.54, 1.807) is 41.3 Å². The summed E-state index contributed by atoms with van der Waals surface area (Å²) in [6, 6.07) is 12.7. The number of esters is 1. The number of nitrogens with zero attached hydrogens (tertiary/aromatic N) is 2. The summed E-state index contributed by atoms with van der Waals surface area (Å²) in [4.78, 5) is 49.0. The predicted octanol–water partition coefficient (Wildman–Crippen LogP) is 4.78. The number of rotatable bonds is 10. The summed E-state index contributed by atoms with van der Waals surface area (Å²) < 4.78 is 5.15. The van der Waals surface area contributed by atoms with Crippen LogP contribution in [0, 0.1) is 10.1 Å². The number of nitro benzene ring substituents is 1. The number of ether oxygens (including phenoxy) is 1. The number of carbonyl (C=O) groups is 3. The van der Waals surface area contributed by atoms with Crippen molar-refractivity contribution in [1.29, 1.82) is 0 Å². The van der Waals surface area contributed by atoms with E-state index in [0.717, 1.165) is 5.56 Å². The van der Waals surface area contributed by atoms with E-state index in [1.165, 1.54) is 37.1 Å². The second kappa shape index (κ2) is 12.2. The van der Waals surface area contributed by atoms with E-state index in [-0.39, 0.29) is 29.6 Å². The first-order valence-electron chi connectivity index (χ1n) is 10.8. The Morgan fingerprint density at radius 1 is 1.14 bits per heavy atom. The Hall–Kier alpha value is -3.57. The van der Waals surface area contributed by atoms with Gasteiger partial charge in [-0.05, 0) is 42.7 Å². The number of benzene rings is 2. The second-order valence-corrected chi connectivity index (χ2v) is 9.26. The van der Waals surface area contributed by atoms with Crippen LogP contribution in [0.3, 0.4) is 0 Å². The van der Waals surface area contributed by atoms with Crippen LogP contribution in [0.15, 0.2) is 53.4 Å². The Labute approximate surface area is 211 Å². The highest BCUT2D eigenvalue weighted by atomic mass is 32.2. The van der Waals surface area contributed by atoms with Crippen LogP contribution < -0.4 is 5.32 Å². The van der Waals surface area contributed by atoms with Crippen molar-refractivity contribution in [1.82, 2.24) is 4.90 Å². The molecular weight excluding hydrogens is 490 g/mol. The SMILES string of the molecule is COC(=O)c1ccc(C=C2SC(=S)N(CCCCCC(=O)Nc3ccccc3[N+](=O)[O-])C2=O)cc1. The molecule has 0 aromatic heterocycles. The van der Waals surface area contributed by atoms with Gasteiger partial charge >= 0.3 is 5.97 Å². The van der Waals surface area contributed by atoms with Crippen molar-refractivity contribution in [3.63, 3.8) is 0 Å². The molecule has 0 spiro atoms. The molecule has 0 aliphatic carbocycles. The summed E-state index contributed by atoms with van der Waals surface area (Å²) in [7, 11) is 1.31. The summed E-state index contributed by atoms with van der Waals surface area (Å²) >= 11 is 6.58. The Balaban J connectivity index is 1.45. The van der Waals surface area contributed by atoms with Gasteiger partial charge in [-0.25, -0.2) is 4.79 Å². The summed E-state index contributed by atoms with van der Waals surface area (Å²) in [6.45, 7) is 0.440. The lowest BCUT2D eigenvalue weighted by molar-refractivity contribution is -0.383. The Morgan fingerprint density at radius 2 is 1.86 bits per heavy atom. The molecule has 2 amide bonds. The molecule has 1 saturated heterocycles. The maximum Gasteiger partial charge on any atom is 0.337 e. The molecule has 11 heteroatoms. The molecule has 1 fully saturated rings. The molecule has 9 nitrogen and oxygen atoms in total. The number of nitro groups is 1. The Kier molecular flexibility index (Phi) is 9.10. The number of carbonyl (C=O) groups excluding carboxylic acids is 3. The van der Waals surface area contributed by atoms with Gasteiger partial charge in [0, 0.05) is 19.0 Å². The monoisotopic (exact) mass is 513 g/mol. The van der Waals surface area contributed by atoms with Crippen LogP contribution in [0.5, 0.6) is 0 Å². The average molecular weight is 514 g/mol. The van der Waals surface area contributed by atoms with Gasteiger partial charge in [0.25, 0.3) is 11.6 Å². The van der Waals surface area contributed by atoms with Crippen molar-refractivity contribution in [2.24, 2.45) is 0 Å². The van der Waals surface area contributed by atoms with Crippen LogP contribution in [0.1, 0.15) is 41.6 Å². The van der Waals surface area contributed by atoms with Gasteiger partial charge in [-0.1, -0.05) is 54.7 Å². The quantitative estimate of drug-likeness (QED) is 0.120. The highest BCUT2D eigenvalue weighted by molar-refractivity contribution is 8.26.